The van der Waals surface area contributed by atoms with E-state index in [1.807, 2.05) is 13.0 Å². The van der Waals surface area contributed by atoms with Gasteiger partial charge in [0, 0.05) is 17.1 Å². The number of rotatable bonds is 1. The Bertz CT molecular complexity index is 442. The highest BCUT2D eigenvalue weighted by Gasteiger charge is 2.01. The number of pyridine rings is 1. The Kier molecular flexibility index (Phi) is 1.81. The summed E-state index contributed by atoms with van der Waals surface area (Å²) in [6.45, 7) is 1.93. The molecular formula is C9H9N3O. The van der Waals surface area contributed by atoms with Crippen LogP contribution in [0.2, 0.25) is 0 Å². The summed E-state index contributed by atoms with van der Waals surface area (Å²) in [6.07, 6.45) is 3.22. The van der Waals surface area contributed by atoms with Crippen LogP contribution in [0.3, 0.4) is 0 Å². The van der Waals surface area contributed by atoms with Gasteiger partial charge in [0.1, 0.15) is 6.33 Å². The Morgan fingerprint density at radius 2 is 2.08 bits per heavy atom. The second-order valence-electron chi connectivity index (χ2n) is 2.70. The molecular weight excluding hydrogens is 166 g/mol. The molecule has 0 bridgehead atoms. The summed E-state index contributed by atoms with van der Waals surface area (Å²) in [6, 6.07) is 1.84. The van der Waals surface area contributed by atoms with Crippen molar-refractivity contribution in [3.05, 3.63) is 24.3 Å². The van der Waals surface area contributed by atoms with Gasteiger partial charge >= 0.3 is 0 Å². The zero-order valence-electron chi connectivity index (χ0n) is 7.48. The minimum absolute atomic E-state index is 0.588. The molecule has 0 aliphatic rings. The summed E-state index contributed by atoms with van der Waals surface area (Å²) in [7, 11) is 1.59. The van der Waals surface area contributed by atoms with E-state index >= 15 is 0 Å². The molecule has 0 spiro atoms. The summed E-state index contributed by atoms with van der Waals surface area (Å²) < 4.78 is 5.01. The number of hydrogen-bond donors (Lipinski definition) is 0. The molecule has 0 aromatic carbocycles. The fraction of sp³-hybridized carbons (Fsp3) is 0.222. The van der Waals surface area contributed by atoms with Gasteiger partial charge in [-0.05, 0) is 6.92 Å². The van der Waals surface area contributed by atoms with Crippen molar-refractivity contribution < 1.29 is 4.74 Å². The van der Waals surface area contributed by atoms with Gasteiger partial charge < -0.3 is 4.74 Å². The lowest BCUT2D eigenvalue weighted by Gasteiger charge is -2.01. The number of nitrogens with zero attached hydrogens (tertiary/aromatic N) is 3. The van der Waals surface area contributed by atoms with Crippen LogP contribution in [-0.2, 0) is 0 Å². The first kappa shape index (κ1) is 7.91. The van der Waals surface area contributed by atoms with Crippen molar-refractivity contribution >= 4 is 10.9 Å². The Hall–Kier alpha value is -1.71. The highest BCUT2D eigenvalue weighted by Crippen LogP contribution is 2.17. The van der Waals surface area contributed by atoms with Gasteiger partial charge in [-0.25, -0.2) is 15.0 Å². The topological polar surface area (TPSA) is 47.9 Å². The van der Waals surface area contributed by atoms with Crippen molar-refractivity contribution in [2.75, 3.05) is 7.11 Å². The number of aromatic nitrogens is 3. The zero-order valence-corrected chi connectivity index (χ0v) is 7.48. The number of methoxy groups -OCH3 is 1. The maximum Gasteiger partial charge on any atom is 0.213 e. The fourth-order valence-electron chi connectivity index (χ4n) is 1.18. The molecule has 0 aliphatic heterocycles. The van der Waals surface area contributed by atoms with Gasteiger partial charge in [0.2, 0.25) is 5.88 Å². The Morgan fingerprint density at radius 1 is 1.23 bits per heavy atom. The van der Waals surface area contributed by atoms with E-state index in [2.05, 4.69) is 15.0 Å². The van der Waals surface area contributed by atoms with Crippen LogP contribution in [0.25, 0.3) is 10.9 Å². The molecule has 0 atom stereocenters. The van der Waals surface area contributed by atoms with Crippen LogP contribution in [0.15, 0.2) is 18.6 Å². The minimum atomic E-state index is 0.588. The summed E-state index contributed by atoms with van der Waals surface area (Å²) >= 11 is 0. The number of fused-ring (bicyclic) bond motifs is 1. The van der Waals surface area contributed by atoms with Gasteiger partial charge in [-0.2, -0.15) is 0 Å². The van der Waals surface area contributed by atoms with E-state index in [1.54, 1.807) is 13.3 Å². The summed E-state index contributed by atoms with van der Waals surface area (Å²) in [5.74, 6) is 0.588. The van der Waals surface area contributed by atoms with Gasteiger partial charge in [0.15, 0.2) is 0 Å². The van der Waals surface area contributed by atoms with Crippen molar-refractivity contribution in [3.63, 3.8) is 0 Å². The smallest absolute Gasteiger partial charge is 0.213 e. The Morgan fingerprint density at radius 3 is 2.85 bits per heavy atom. The van der Waals surface area contributed by atoms with E-state index in [0.717, 1.165) is 16.6 Å². The molecule has 0 amide bonds. The first-order valence-electron chi connectivity index (χ1n) is 3.92. The van der Waals surface area contributed by atoms with Crippen molar-refractivity contribution in [3.8, 4) is 5.88 Å². The van der Waals surface area contributed by atoms with E-state index < -0.39 is 0 Å². The predicted molar refractivity (Wildman–Crippen MR) is 48.6 cm³/mol. The van der Waals surface area contributed by atoms with Gasteiger partial charge in [-0.3, -0.25) is 0 Å². The molecule has 0 radical (unpaired) electrons. The number of hydrogen-bond acceptors (Lipinski definition) is 4. The first-order chi connectivity index (χ1) is 6.31. The maximum absolute atomic E-state index is 5.01. The van der Waals surface area contributed by atoms with E-state index in [-0.39, 0.29) is 0 Å². The zero-order chi connectivity index (χ0) is 9.26. The molecule has 0 unspecified atom stereocenters. The largest absolute Gasteiger partial charge is 0.481 e. The third-order valence-electron chi connectivity index (χ3n) is 1.90. The van der Waals surface area contributed by atoms with Crippen molar-refractivity contribution in [2.45, 2.75) is 6.92 Å². The molecule has 13 heavy (non-hydrogen) atoms. The molecule has 2 heterocycles. The van der Waals surface area contributed by atoms with Crippen LogP contribution in [0, 0.1) is 6.92 Å². The third-order valence-corrected chi connectivity index (χ3v) is 1.90. The van der Waals surface area contributed by atoms with Crippen LogP contribution in [0.1, 0.15) is 5.69 Å². The molecule has 2 aromatic heterocycles. The van der Waals surface area contributed by atoms with Gasteiger partial charge in [0.25, 0.3) is 0 Å². The second-order valence-corrected chi connectivity index (χ2v) is 2.70. The maximum atomic E-state index is 5.01. The molecule has 0 N–H and O–H groups in total. The monoisotopic (exact) mass is 175 g/mol. The van der Waals surface area contributed by atoms with Crippen LogP contribution in [0.4, 0.5) is 0 Å². The van der Waals surface area contributed by atoms with Crippen LogP contribution < -0.4 is 4.74 Å². The molecule has 0 saturated heterocycles. The lowest BCUT2D eigenvalue weighted by atomic mass is 10.2. The molecule has 0 saturated carbocycles. The average Bonchev–Trinajstić information content (AvgIpc) is 2.18. The second kappa shape index (κ2) is 2.97. The summed E-state index contributed by atoms with van der Waals surface area (Å²) in [4.78, 5) is 12.2. The number of aryl methyl sites for hydroxylation is 1. The normalized spacial score (nSPS) is 10.3. The van der Waals surface area contributed by atoms with Crippen molar-refractivity contribution in [2.24, 2.45) is 0 Å². The third kappa shape index (κ3) is 1.30. The molecule has 66 valence electrons. The van der Waals surface area contributed by atoms with E-state index in [9.17, 15) is 0 Å². The minimum Gasteiger partial charge on any atom is -0.481 e. The van der Waals surface area contributed by atoms with Crippen molar-refractivity contribution in [1.82, 2.24) is 15.0 Å². The summed E-state index contributed by atoms with van der Waals surface area (Å²) in [5, 5.41) is 0.981. The van der Waals surface area contributed by atoms with Gasteiger partial charge in [-0.15, -0.1) is 0 Å². The van der Waals surface area contributed by atoms with Gasteiger partial charge in [-0.1, -0.05) is 0 Å². The molecule has 2 aromatic rings. The van der Waals surface area contributed by atoms with Crippen molar-refractivity contribution in [1.29, 1.82) is 0 Å². The van der Waals surface area contributed by atoms with Gasteiger partial charge in [0.05, 0.1) is 18.8 Å². The highest BCUT2D eigenvalue weighted by atomic mass is 16.5. The first-order valence-corrected chi connectivity index (χ1v) is 3.92. The van der Waals surface area contributed by atoms with E-state index in [4.69, 9.17) is 4.74 Å². The lowest BCUT2D eigenvalue weighted by Crippen LogP contribution is -1.91. The standard InChI is InChI=1S/C9H9N3O/c1-6-7-3-9(13-2)10-4-8(7)12-5-11-6/h3-5H,1-2H3. The molecule has 4 heteroatoms. The number of ether oxygens (including phenoxy) is 1. The Labute approximate surface area is 75.6 Å². The van der Waals surface area contributed by atoms with Crippen LogP contribution >= 0.6 is 0 Å². The molecule has 0 fully saturated rings. The highest BCUT2D eigenvalue weighted by molar-refractivity contribution is 5.80. The fourth-order valence-corrected chi connectivity index (χ4v) is 1.18. The van der Waals surface area contributed by atoms with E-state index in [0.29, 0.717) is 5.88 Å². The van der Waals surface area contributed by atoms with Crippen LogP contribution in [0.5, 0.6) is 5.88 Å². The summed E-state index contributed by atoms with van der Waals surface area (Å²) in [5.41, 5.74) is 1.78. The van der Waals surface area contributed by atoms with Crippen LogP contribution in [-0.4, -0.2) is 22.1 Å². The lowest BCUT2D eigenvalue weighted by molar-refractivity contribution is 0.398. The molecule has 0 aliphatic carbocycles. The Balaban J connectivity index is 2.74. The van der Waals surface area contributed by atoms with E-state index in [1.165, 1.54) is 6.33 Å². The quantitative estimate of drug-likeness (QED) is 0.656. The average molecular weight is 175 g/mol. The molecule has 2 rings (SSSR count). The molecule has 4 nitrogen and oxygen atoms in total. The SMILES string of the molecule is COc1cc2c(C)ncnc2cn1. The predicted octanol–water partition coefficient (Wildman–Crippen LogP) is 1.34.